The monoisotopic (exact) mass is 338 g/mol. The van der Waals surface area contributed by atoms with Crippen LogP contribution in [-0.2, 0) is 11.2 Å². The van der Waals surface area contributed by atoms with Crippen molar-refractivity contribution >= 4 is 27.8 Å². The minimum Gasteiger partial charge on any atom is -0.461 e. The molecule has 0 aliphatic rings. The number of aromatic amines is 1. The Balaban J connectivity index is 2.12. The van der Waals surface area contributed by atoms with Gasteiger partial charge in [0.15, 0.2) is 5.69 Å². The molecule has 1 aromatic carbocycles. The summed E-state index contributed by atoms with van der Waals surface area (Å²) in [5, 5.41) is 2.21. The van der Waals surface area contributed by atoms with Crippen molar-refractivity contribution in [3.05, 3.63) is 41.2 Å². The van der Waals surface area contributed by atoms with E-state index in [1.807, 2.05) is 6.92 Å². The van der Waals surface area contributed by atoms with Gasteiger partial charge in [-0.15, -0.1) is 0 Å². The molecule has 1 unspecified atom stereocenters. The molecule has 0 radical (unpaired) electrons. The quantitative estimate of drug-likeness (QED) is 0.663. The number of rotatable bonds is 5. The molecule has 132 valence electrons. The highest BCUT2D eigenvalue weighted by atomic mass is 16.5. The van der Waals surface area contributed by atoms with E-state index in [4.69, 9.17) is 4.74 Å². The molecule has 4 nitrogen and oxygen atoms in total. The summed E-state index contributed by atoms with van der Waals surface area (Å²) >= 11 is 0. The van der Waals surface area contributed by atoms with Gasteiger partial charge in [-0.3, -0.25) is 0 Å². The summed E-state index contributed by atoms with van der Waals surface area (Å²) in [6, 6.07) is 6.56. The number of aryl methyl sites for hydroxylation is 1. The molecular weight excluding hydrogens is 312 g/mol. The molecule has 1 N–H and O–H groups in total. The van der Waals surface area contributed by atoms with Crippen LogP contribution in [0.4, 0.5) is 0 Å². The van der Waals surface area contributed by atoms with Gasteiger partial charge in [0.25, 0.3) is 0 Å². The highest BCUT2D eigenvalue weighted by Gasteiger charge is 2.18. The predicted molar refractivity (Wildman–Crippen MR) is 102 cm³/mol. The van der Waals surface area contributed by atoms with Crippen LogP contribution >= 0.6 is 0 Å². The Morgan fingerprint density at radius 3 is 2.68 bits per heavy atom. The first-order valence-corrected chi connectivity index (χ1v) is 8.99. The van der Waals surface area contributed by atoms with Crippen molar-refractivity contribution in [2.24, 2.45) is 11.8 Å². The molecule has 0 spiro atoms. The fourth-order valence-corrected chi connectivity index (χ4v) is 3.24. The number of aromatic nitrogens is 2. The molecule has 3 aromatic rings. The van der Waals surface area contributed by atoms with E-state index in [0.29, 0.717) is 24.1 Å². The van der Waals surface area contributed by atoms with Crippen LogP contribution in [0.5, 0.6) is 0 Å². The summed E-state index contributed by atoms with van der Waals surface area (Å²) < 4.78 is 5.14. The normalized spacial score (nSPS) is 12.9. The maximum atomic E-state index is 12.2. The van der Waals surface area contributed by atoms with Crippen molar-refractivity contribution in [1.82, 2.24) is 9.97 Å². The lowest BCUT2D eigenvalue weighted by Gasteiger charge is -2.15. The Morgan fingerprint density at radius 1 is 1.24 bits per heavy atom. The van der Waals surface area contributed by atoms with Crippen LogP contribution in [0.2, 0.25) is 0 Å². The van der Waals surface area contributed by atoms with Crippen LogP contribution in [0, 0.1) is 18.8 Å². The number of nitrogens with zero attached hydrogens (tertiary/aromatic N) is 1. The van der Waals surface area contributed by atoms with Gasteiger partial charge in [0.2, 0.25) is 0 Å². The first-order chi connectivity index (χ1) is 11.9. The van der Waals surface area contributed by atoms with Gasteiger partial charge in [-0.05, 0) is 55.4 Å². The Hall–Kier alpha value is -2.36. The SMILES string of the molecule is CCOC(=O)c1ncc2[nH]c3ccc(CC(C)C(C)C)cc3c2c1C. The third kappa shape index (κ3) is 3.26. The molecular formula is C21H26N2O2. The minimum atomic E-state index is -0.360. The number of fused-ring (bicyclic) bond motifs is 3. The second-order valence-electron chi connectivity index (χ2n) is 7.17. The largest absolute Gasteiger partial charge is 0.461 e. The van der Waals surface area contributed by atoms with Crippen LogP contribution in [-0.4, -0.2) is 22.5 Å². The van der Waals surface area contributed by atoms with E-state index in [1.165, 1.54) is 5.56 Å². The Bertz CT molecular complexity index is 924. The van der Waals surface area contributed by atoms with Crippen LogP contribution in [0.3, 0.4) is 0 Å². The lowest BCUT2D eigenvalue weighted by Crippen LogP contribution is -2.09. The van der Waals surface area contributed by atoms with Crippen LogP contribution in [0.15, 0.2) is 24.4 Å². The fraction of sp³-hybridized carbons (Fsp3) is 0.429. The Labute approximate surface area is 148 Å². The average molecular weight is 338 g/mol. The third-order valence-electron chi connectivity index (χ3n) is 5.11. The molecule has 1 atom stereocenters. The second kappa shape index (κ2) is 6.87. The molecule has 2 aromatic heterocycles. The highest BCUT2D eigenvalue weighted by Crippen LogP contribution is 2.31. The van der Waals surface area contributed by atoms with Crippen molar-refractivity contribution in [1.29, 1.82) is 0 Å². The summed E-state index contributed by atoms with van der Waals surface area (Å²) in [4.78, 5) is 19.9. The van der Waals surface area contributed by atoms with Crippen molar-refractivity contribution in [3.63, 3.8) is 0 Å². The average Bonchev–Trinajstić information content (AvgIpc) is 2.93. The zero-order valence-electron chi connectivity index (χ0n) is 15.6. The van der Waals surface area contributed by atoms with Gasteiger partial charge in [0.1, 0.15) is 0 Å². The van der Waals surface area contributed by atoms with Crippen molar-refractivity contribution < 1.29 is 9.53 Å². The molecule has 0 amide bonds. The van der Waals surface area contributed by atoms with Crippen LogP contribution < -0.4 is 0 Å². The summed E-state index contributed by atoms with van der Waals surface area (Å²) in [6.45, 7) is 10.9. The topological polar surface area (TPSA) is 55.0 Å². The number of benzene rings is 1. The van der Waals surface area contributed by atoms with E-state index in [-0.39, 0.29) is 5.97 Å². The number of hydrogen-bond acceptors (Lipinski definition) is 3. The van der Waals surface area contributed by atoms with Gasteiger partial charge in [0, 0.05) is 16.3 Å². The fourth-order valence-electron chi connectivity index (χ4n) is 3.24. The zero-order valence-corrected chi connectivity index (χ0v) is 15.6. The first kappa shape index (κ1) is 17.5. The van der Waals surface area contributed by atoms with Gasteiger partial charge in [-0.1, -0.05) is 26.8 Å². The summed E-state index contributed by atoms with van der Waals surface area (Å²) in [5.41, 5.74) is 4.62. The smallest absolute Gasteiger partial charge is 0.357 e. The van der Waals surface area contributed by atoms with Crippen LogP contribution in [0.1, 0.15) is 49.3 Å². The molecule has 0 saturated carbocycles. The maximum absolute atomic E-state index is 12.2. The lowest BCUT2D eigenvalue weighted by molar-refractivity contribution is 0.0519. The van der Waals surface area contributed by atoms with E-state index in [9.17, 15) is 4.79 Å². The van der Waals surface area contributed by atoms with Gasteiger partial charge in [-0.25, -0.2) is 9.78 Å². The standard InChI is InChI=1S/C21H26N2O2/c1-6-25-21(24)20-14(5)19-16-10-15(9-13(4)12(2)3)7-8-17(16)23-18(19)11-22-20/h7-8,10-13,23H,6,9H2,1-5H3. The number of esters is 1. The molecule has 0 saturated heterocycles. The van der Waals surface area contributed by atoms with Gasteiger partial charge < -0.3 is 9.72 Å². The van der Waals surface area contributed by atoms with Gasteiger partial charge in [0.05, 0.1) is 18.3 Å². The number of hydrogen-bond donors (Lipinski definition) is 1. The number of H-pyrrole nitrogens is 1. The van der Waals surface area contributed by atoms with Gasteiger partial charge in [-0.2, -0.15) is 0 Å². The van der Waals surface area contributed by atoms with E-state index in [0.717, 1.165) is 33.8 Å². The van der Waals surface area contributed by atoms with Crippen molar-refractivity contribution in [2.75, 3.05) is 6.61 Å². The molecule has 25 heavy (non-hydrogen) atoms. The zero-order chi connectivity index (χ0) is 18.1. The maximum Gasteiger partial charge on any atom is 0.357 e. The van der Waals surface area contributed by atoms with Crippen molar-refractivity contribution in [3.8, 4) is 0 Å². The number of carbonyl (C=O) groups is 1. The Kier molecular flexibility index (Phi) is 4.80. The Morgan fingerprint density at radius 2 is 2.00 bits per heavy atom. The third-order valence-corrected chi connectivity index (χ3v) is 5.11. The molecule has 3 rings (SSSR count). The van der Waals surface area contributed by atoms with E-state index in [2.05, 4.69) is 48.9 Å². The van der Waals surface area contributed by atoms with E-state index >= 15 is 0 Å². The highest BCUT2D eigenvalue weighted by molar-refractivity contribution is 6.11. The van der Waals surface area contributed by atoms with E-state index < -0.39 is 0 Å². The molecule has 0 aliphatic heterocycles. The molecule has 0 bridgehead atoms. The minimum absolute atomic E-state index is 0.350. The number of carbonyl (C=O) groups excluding carboxylic acids is 1. The summed E-state index contributed by atoms with van der Waals surface area (Å²) in [7, 11) is 0. The predicted octanol–water partition coefficient (Wildman–Crippen LogP) is 5.04. The van der Waals surface area contributed by atoms with Gasteiger partial charge >= 0.3 is 5.97 Å². The number of pyridine rings is 1. The number of nitrogens with one attached hydrogen (secondary N) is 1. The number of ether oxygens (including phenoxy) is 1. The first-order valence-electron chi connectivity index (χ1n) is 8.99. The lowest BCUT2D eigenvalue weighted by atomic mass is 9.90. The summed E-state index contributed by atoms with van der Waals surface area (Å²) in [5.74, 6) is 0.918. The second-order valence-corrected chi connectivity index (χ2v) is 7.17. The van der Waals surface area contributed by atoms with Crippen molar-refractivity contribution in [2.45, 2.75) is 41.0 Å². The molecule has 4 heteroatoms. The molecule has 2 heterocycles. The van der Waals surface area contributed by atoms with Crippen LogP contribution in [0.25, 0.3) is 21.8 Å². The summed E-state index contributed by atoms with van der Waals surface area (Å²) in [6.07, 6.45) is 2.78. The molecule has 0 aliphatic carbocycles. The molecule has 0 fully saturated rings. The van der Waals surface area contributed by atoms with E-state index in [1.54, 1.807) is 13.1 Å².